The van der Waals surface area contributed by atoms with Gasteiger partial charge >= 0.3 is 6.18 Å². The van der Waals surface area contributed by atoms with Gasteiger partial charge in [-0.25, -0.2) is 13.0 Å². The van der Waals surface area contributed by atoms with Crippen LogP contribution in [0.25, 0.3) is 11.1 Å². The molecule has 2 aromatic heterocycles. The number of hydrogen-bond donors (Lipinski definition) is 1. The van der Waals surface area contributed by atoms with Crippen molar-refractivity contribution in [3.05, 3.63) is 117 Å². The number of halogens is 3. The lowest BCUT2D eigenvalue weighted by Gasteiger charge is -2.23. The third kappa shape index (κ3) is 6.67. The first kappa shape index (κ1) is 31.2. The number of nitriles is 1. The number of aromatic nitrogens is 2. The standard InChI is InChI=1S/C31H27F3N4O4S/c1-19(22-10-8-21(15-35)9-11-22)38-18-27(30(40)36-16-25-12-13-26(17-37(25)3)43(4,41)42)29(39)28(20(38)2)23-6-5-7-24(14-23)31(32,33)34/h5-14,17-19H,16H2,1-4H3/p+1. The van der Waals surface area contributed by atoms with Gasteiger partial charge in [0.15, 0.2) is 16.0 Å². The molecule has 4 rings (SSSR count). The lowest BCUT2D eigenvalue weighted by molar-refractivity contribution is -0.681. The maximum absolute atomic E-state index is 13.8. The van der Waals surface area contributed by atoms with Crippen molar-refractivity contribution in [2.75, 3.05) is 6.26 Å². The molecule has 1 unspecified atom stereocenters. The van der Waals surface area contributed by atoms with E-state index in [4.69, 9.17) is 5.26 Å². The third-order valence-electron chi connectivity index (χ3n) is 7.22. The van der Waals surface area contributed by atoms with E-state index in [-0.39, 0.29) is 28.1 Å². The molecule has 12 heteroatoms. The molecule has 0 saturated heterocycles. The highest BCUT2D eigenvalue weighted by Crippen LogP contribution is 2.33. The average molecular weight is 610 g/mol. The van der Waals surface area contributed by atoms with Crippen LogP contribution in [-0.2, 0) is 29.6 Å². The lowest BCUT2D eigenvalue weighted by Crippen LogP contribution is -2.39. The number of nitrogens with one attached hydrogen (secondary N) is 1. The van der Waals surface area contributed by atoms with Crippen molar-refractivity contribution in [3.8, 4) is 17.2 Å². The average Bonchev–Trinajstić information content (AvgIpc) is 2.95. The topological polar surface area (TPSA) is 113 Å². The van der Waals surface area contributed by atoms with Crippen LogP contribution in [0, 0.1) is 18.3 Å². The van der Waals surface area contributed by atoms with E-state index in [0.29, 0.717) is 17.0 Å². The minimum atomic E-state index is -4.64. The molecule has 1 atom stereocenters. The predicted octanol–water partition coefficient (Wildman–Crippen LogP) is 4.48. The van der Waals surface area contributed by atoms with Crippen LogP contribution in [0.3, 0.4) is 0 Å². The van der Waals surface area contributed by atoms with E-state index < -0.39 is 39.0 Å². The van der Waals surface area contributed by atoms with Crippen molar-refractivity contribution in [3.63, 3.8) is 0 Å². The Labute approximate surface area is 246 Å². The second-order valence-electron chi connectivity index (χ2n) is 10.1. The van der Waals surface area contributed by atoms with Crippen molar-refractivity contribution < 1.29 is 31.0 Å². The summed E-state index contributed by atoms with van der Waals surface area (Å²) in [5.74, 6) is -0.758. The lowest BCUT2D eigenvalue weighted by atomic mass is 9.97. The highest BCUT2D eigenvalue weighted by molar-refractivity contribution is 7.90. The molecule has 8 nitrogen and oxygen atoms in total. The molecule has 43 heavy (non-hydrogen) atoms. The van der Waals surface area contributed by atoms with Crippen molar-refractivity contribution in [1.29, 1.82) is 5.26 Å². The van der Waals surface area contributed by atoms with Crippen LogP contribution in [0.2, 0.25) is 0 Å². The first-order valence-electron chi connectivity index (χ1n) is 13.0. The molecule has 2 heterocycles. The smallest absolute Gasteiger partial charge is 0.343 e. The van der Waals surface area contributed by atoms with Gasteiger partial charge in [0.1, 0.15) is 24.1 Å². The van der Waals surface area contributed by atoms with Crippen molar-refractivity contribution in [1.82, 2.24) is 9.88 Å². The maximum atomic E-state index is 13.8. The normalized spacial score (nSPS) is 12.4. The van der Waals surface area contributed by atoms with Gasteiger partial charge in [-0.3, -0.25) is 9.59 Å². The maximum Gasteiger partial charge on any atom is 0.416 e. The van der Waals surface area contributed by atoms with Crippen LogP contribution in [0.15, 0.2) is 82.7 Å². The molecule has 4 aromatic rings. The summed E-state index contributed by atoms with van der Waals surface area (Å²) in [6.45, 7) is 3.35. The summed E-state index contributed by atoms with van der Waals surface area (Å²) in [5, 5.41) is 11.8. The van der Waals surface area contributed by atoms with Gasteiger partial charge in [-0.2, -0.15) is 18.4 Å². The monoisotopic (exact) mass is 609 g/mol. The van der Waals surface area contributed by atoms with Gasteiger partial charge in [-0.15, -0.1) is 0 Å². The molecular weight excluding hydrogens is 581 g/mol. The van der Waals surface area contributed by atoms with Crippen LogP contribution in [0.1, 0.15) is 51.4 Å². The zero-order valence-electron chi connectivity index (χ0n) is 23.7. The molecule has 0 bridgehead atoms. The molecular formula is C31H28F3N4O4S+. The molecule has 0 fully saturated rings. The van der Waals surface area contributed by atoms with Gasteiger partial charge < -0.3 is 9.88 Å². The first-order chi connectivity index (χ1) is 20.1. The third-order valence-corrected chi connectivity index (χ3v) is 8.32. The summed E-state index contributed by atoms with van der Waals surface area (Å²) in [6.07, 6.45) is -0.788. The van der Waals surface area contributed by atoms with Gasteiger partial charge in [-0.05, 0) is 55.3 Å². The minimum Gasteiger partial charge on any atom is -0.343 e. The summed E-state index contributed by atoms with van der Waals surface area (Å²) in [5.41, 5.74) is 0.0642. The zero-order valence-corrected chi connectivity index (χ0v) is 24.5. The molecule has 0 radical (unpaired) electrons. The Kier molecular flexibility index (Phi) is 8.59. The minimum absolute atomic E-state index is 0.00974. The molecule has 1 N–H and O–H groups in total. The van der Waals surface area contributed by atoms with E-state index in [1.54, 1.807) is 49.7 Å². The van der Waals surface area contributed by atoms with E-state index in [1.807, 2.05) is 6.07 Å². The zero-order chi connectivity index (χ0) is 31.7. The Hall–Kier alpha value is -4.76. The van der Waals surface area contributed by atoms with E-state index in [0.717, 1.165) is 24.0 Å². The fourth-order valence-corrected chi connectivity index (χ4v) is 5.42. The Morgan fingerprint density at radius 1 is 1.12 bits per heavy atom. The second-order valence-corrected chi connectivity index (χ2v) is 12.2. The highest BCUT2D eigenvalue weighted by Gasteiger charge is 2.31. The number of hydrogen-bond acceptors (Lipinski definition) is 5. The predicted molar refractivity (Wildman–Crippen MR) is 153 cm³/mol. The van der Waals surface area contributed by atoms with E-state index in [1.165, 1.54) is 41.2 Å². The van der Waals surface area contributed by atoms with Crippen LogP contribution >= 0.6 is 0 Å². The molecule has 0 saturated carbocycles. The molecule has 0 spiro atoms. The van der Waals surface area contributed by atoms with E-state index in [2.05, 4.69) is 5.32 Å². The first-order valence-corrected chi connectivity index (χ1v) is 14.9. The van der Waals surface area contributed by atoms with Gasteiger partial charge in [0.25, 0.3) is 5.91 Å². The van der Waals surface area contributed by atoms with Crippen molar-refractivity contribution in [2.45, 2.75) is 37.5 Å². The summed E-state index contributed by atoms with van der Waals surface area (Å²) in [4.78, 5) is 27.3. The Balaban J connectivity index is 1.81. The van der Waals surface area contributed by atoms with Crippen LogP contribution in [0.5, 0.6) is 0 Å². The number of aryl methyl sites for hydroxylation is 1. The van der Waals surface area contributed by atoms with Gasteiger partial charge in [0, 0.05) is 29.8 Å². The molecule has 222 valence electrons. The van der Waals surface area contributed by atoms with E-state index >= 15 is 0 Å². The Morgan fingerprint density at radius 3 is 2.37 bits per heavy atom. The van der Waals surface area contributed by atoms with Crippen LogP contribution in [-0.4, -0.2) is 25.1 Å². The Morgan fingerprint density at radius 2 is 1.79 bits per heavy atom. The highest BCUT2D eigenvalue weighted by atomic mass is 32.2. The van der Waals surface area contributed by atoms with Crippen LogP contribution in [0.4, 0.5) is 13.2 Å². The number of nitrogens with zero attached hydrogens (tertiary/aromatic N) is 3. The fraction of sp³-hybridized carbons (Fsp3) is 0.226. The quantitative estimate of drug-likeness (QED) is 0.311. The number of amides is 1. The number of carbonyl (C=O) groups is 1. The summed E-state index contributed by atoms with van der Waals surface area (Å²) < 4.78 is 67.6. The number of pyridine rings is 2. The number of carbonyl (C=O) groups excluding carboxylic acids is 1. The van der Waals surface area contributed by atoms with E-state index in [9.17, 15) is 31.2 Å². The number of benzene rings is 2. The molecule has 1 amide bonds. The summed E-state index contributed by atoms with van der Waals surface area (Å²) >= 11 is 0. The van der Waals surface area contributed by atoms with Crippen molar-refractivity contribution >= 4 is 15.7 Å². The van der Waals surface area contributed by atoms with Gasteiger partial charge in [0.05, 0.1) is 23.2 Å². The molecule has 2 aromatic carbocycles. The second kappa shape index (κ2) is 11.9. The van der Waals surface area contributed by atoms with Crippen molar-refractivity contribution in [2.24, 2.45) is 7.05 Å². The summed E-state index contributed by atoms with van der Waals surface area (Å²) in [7, 11) is -1.84. The fourth-order valence-electron chi connectivity index (χ4n) is 4.76. The number of sulfone groups is 1. The molecule has 0 aliphatic heterocycles. The summed E-state index contributed by atoms with van der Waals surface area (Å²) in [6, 6.07) is 15.6. The Bertz CT molecular complexity index is 1930. The van der Waals surface area contributed by atoms with Gasteiger partial charge in [0.2, 0.25) is 11.1 Å². The number of alkyl halides is 3. The number of rotatable bonds is 7. The molecule has 0 aliphatic carbocycles. The van der Waals surface area contributed by atoms with Crippen LogP contribution < -0.4 is 15.3 Å². The SMILES string of the molecule is Cc1c(-c2cccc(C(F)(F)F)c2)c(=O)c(C(=O)NCc2ccc(S(C)(=O)=O)c[n+]2C)cn1C(C)c1ccc(C#N)cc1. The largest absolute Gasteiger partial charge is 0.416 e. The molecule has 0 aliphatic rings. The van der Waals surface area contributed by atoms with Gasteiger partial charge in [-0.1, -0.05) is 24.3 Å².